The molecule has 0 saturated heterocycles. The van der Waals surface area contributed by atoms with Gasteiger partial charge >= 0.3 is 5.97 Å². The van der Waals surface area contributed by atoms with E-state index in [1.165, 1.54) is 20.1 Å². The van der Waals surface area contributed by atoms with Gasteiger partial charge in [0, 0.05) is 5.02 Å². The van der Waals surface area contributed by atoms with Crippen molar-refractivity contribution in [2.75, 3.05) is 19.0 Å². The standard InChI is InChI=1S/C19H17ClN2O5/c1-12(19(24)22-16-9-14(20)5-8-17(16)25-2)27-18(23)11-26-15-6-3-13(10-21)4-7-15/h3-9,12H,11H2,1-2H3,(H,22,24)/t12-/m0/s1. The molecule has 8 heteroatoms. The molecule has 140 valence electrons. The zero-order valence-electron chi connectivity index (χ0n) is 14.7. The highest BCUT2D eigenvalue weighted by molar-refractivity contribution is 6.31. The van der Waals surface area contributed by atoms with Crippen molar-refractivity contribution in [3.8, 4) is 17.6 Å². The number of rotatable bonds is 7. The van der Waals surface area contributed by atoms with Gasteiger partial charge in [-0.3, -0.25) is 4.79 Å². The second kappa shape index (κ2) is 9.46. The van der Waals surface area contributed by atoms with Crippen LogP contribution in [0.15, 0.2) is 42.5 Å². The number of benzene rings is 2. The Hall–Kier alpha value is -3.24. The molecule has 2 aromatic rings. The zero-order valence-corrected chi connectivity index (χ0v) is 15.4. The summed E-state index contributed by atoms with van der Waals surface area (Å²) in [4.78, 5) is 24.1. The average Bonchev–Trinajstić information content (AvgIpc) is 2.67. The molecule has 1 N–H and O–H groups in total. The molecule has 0 aliphatic carbocycles. The number of halogens is 1. The second-order valence-electron chi connectivity index (χ2n) is 5.39. The molecule has 0 aromatic heterocycles. The van der Waals surface area contributed by atoms with Crippen molar-refractivity contribution < 1.29 is 23.8 Å². The first kappa shape index (κ1) is 20.1. The lowest BCUT2D eigenvalue weighted by Gasteiger charge is -2.15. The predicted octanol–water partition coefficient (Wildman–Crippen LogP) is 3.17. The highest BCUT2D eigenvalue weighted by Gasteiger charge is 2.19. The van der Waals surface area contributed by atoms with Crippen molar-refractivity contribution >= 4 is 29.2 Å². The number of nitrogens with zero attached hydrogens (tertiary/aromatic N) is 1. The van der Waals surface area contributed by atoms with E-state index in [2.05, 4.69) is 5.32 Å². The van der Waals surface area contributed by atoms with Gasteiger partial charge in [-0.15, -0.1) is 0 Å². The molecule has 0 fully saturated rings. The molecule has 0 saturated carbocycles. The second-order valence-corrected chi connectivity index (χ2v) is 5.83. The molecule has 1 atom stereocenters. The van der Waals surface area contributed by atoms with Gasteiger partial charge in [0.15, 0.2) is 12.7 Å². The first-order valence-corrected chi connectivity index (χ1v) is 8.27. The smallest absolute Gasteiger partial charge is 0.344 e. The number of nitrogens with one attached hydrogen (secondary N) is 1. The highest BCUT2D eigenvalue weighted by Crippen LogP contribution is 2.27. The molecule has 2 aromatic carbocycles. The molecule has 27 heavy (non-hydrogen) atoms. The molecule has 0 heterocycles. The highest BCUT2D eigenvalue weighted by atomic mass is 35.5. The molecule has 0 aliphatic rings. The van der Waals surface area contributed by atoms with E-state index in [1.54, 1.807) is 36.4 Å². The number of nitriles is 1. The first-order chi connectivity index (χ1) is 12.9. The van der Waals surface area contributed by atoms with Gasteiger partial charge in [0.1, 0.15) is 11.5 Å². The fraction of sp³-hybridized carbons (Fsp3) is 0.211. The van der Waals surface area contributed by atoms with Gasteiger partial charge in [0.05, 0.1) is 24.4 Å². The normalized spacial score (nSPS) is 11.0. The van der Waals surface area contributed by atoms with E-state index in [0.717, 1.165) is 0 Å². The van der Waals surface area contributed by atoms with Gasteiger partial charge in [-0.25, -0.2) is 4.79 Å². The van der Waals surface area contributed by atoms with Crippen molar-refractivity contribution in [2.24, 2.45) is 0 Å². The molecule has 0 radical (unpaired) electrons. The minimum Gasteiger partial charge on any atom is -0.495 e. The monoisotopic (exact) mass is 388 g/mol. The van der Waals surface area contributed by atoms with Gasteiger partial charge in [0.2, 0.25) is 0 Å². The first-order valence-electron chi connectivity index (χ1n) is 7.89. The maximum atomic E-state index is 12.2. The molecule has 0 aliphatic heterocycles. The minimum absolute atomic E-state index is 0.367. The van der Waals surface area contributed by atoms with Crippen LogP contribution in [0.1, 0.15) is 12.5 Å². The van der Waals surface area contributed by atoms with Crippen LogP contribution >= 0.6 is 11.6 Å². The van der Waals surface area contributed by atoms with E-state index in [4.69, 9.17) is 31.1 Å². The van der Waals surface area contributed by atoms with Crippen LogP contribution < -0.4 is 14.8 Å². The third-order valence-electron chi connectivity index (χ3n) is 3.44. The van der Waals surface area contributed by atoms with Crippen molar-refractivity contribution in [3.63, 3.8) is 0 Å². The summed E-state index contributed by atoms with van der Waals surface area (Å²) in [5, 5.41) is 11.8. The summed E-state index contributed by atoms with van der Waals surface area (Å²) in [7, 11) is 1.46. The number of hydrogen-bond acceptors (Lipinski definition) is 6. The largest absolute Gasteiger partial charge is 0.495 e. The topological polar surface area (TPSA) is 97.7 Å². The van der Waals surface area contributed by atoms with E-state index in [0.29, 0.717) is 27.8 Å². The van der Waals surface area contributed by atoms with Crippen LogP contribution in [0, 0.1) is 11.3 Å². The average molecular weight is 389 g/mol. The Morgan fingerprint density at radius 3 is 2.56 bits per heavy atom. The number of esters is 1. The number of methoxy groups -OCH3 is 1. The summed E-state index contributed by atoms with van der Waals surface area (Å²) >= 11 is 5.91. The van der Waals surface area contributed by atoms with E-state index in [-0.39, 0.29) is 6.61 Å². The van der Waals surface area contributed by atoms with Crippen LogP contribution in [0.2, 0.25) is 5.02 Å². The Morgan fingerprint density at radius 2 is 1.93 bits per heavy atom. The van der Waals surface area contributed by atoms with E-state index in [9.17, 15) is 9.59 Å². The Kier molecular flexibility index (Phi) is 7.03. The van der Waals surface area contributed by atoms with Crippen molar-refractivity contribution in [2.45, 2.75) is 13.0 Å². The Bertz CT molecular complexity index is 861. The van der Waals surface area contributed by atoms with Crippen molar-refractivity contribution in [1.82, 2.24) is 0 Å². The quantitative estimate of drug-likeness (QED) is 0.731. The number of carbonyl (C=O) groups is 2. The van der Waals surface area contributed by atoms with Crippen LogP contribution in [-0.2, 0) is 14.3 Å². The summed E-state index contributed by atoms with van der Waals surface area (Å²) in [5.74, 6) is -0.412. The van der Waals surface area contributed by atoms with Gasteiger partial charge in [-0.05, 0) is 49.4 Å². The molecule has 2 rings (SSSR count). The number of ether oxygens (including phenoxy) is 3. The van der Waals surface area contributed by atoms with Crippen LogP contribution in [-0.4, -0.2) is 31.7 Å². The molecular formula is C19H17ClN2O5. The van der Waals surface area contributed by atoms with Gasteiger partial charge in [-0.1, -0.05) is 11.6 Å². The van der Waals surface area contributed by atoms with E-state index >= 15 is 0 Å². The lowest BCUT2D eigenvalue weighted by atomic mass is 10.2. The fourth-order valence-electron chi connectivity index (χ4n) is 2.06. The van der Waals surface area contributed by atoms with Crippen LogP contribution in [0.25, 0.3) is 0 Å². The maximum absolute atomic E-state index is 12.2. The van der Waals surface area contributed by atoms with Gasteiger partial charge < -0.3 is 19.5 Å². The van der Waals surface area contributed by atoms with Crippen LogP contribution in [0.5, 0.6) is 11.5 Å². The van der Waals surface area contributed by atoms with Crippen molar-refractivity contribution in [1.29, 1.82) is 5.26 Å². The number of amides is 1. The summed E-state index contributed by atoms with van der Waals surface area (Å²) in [5.41, 5.74) is 0.846. The summed E-state index contributed by atoms with van der Waals surface area (Å²) < 4.78 is 15.5. The summed E-state index contributed by atoms with van der Waals surface area (Å²) in [6.45, 7) is 1.07. The minimum atomic E-state index is -1.05. The maximum Gasteiger partial charge on any atom is 0.344 e. The zero-order chi connectivity index (χ0) is 19.8. The Morgan fingerprint density at radius 1 is 1.22 bits per heavy atom. The number of anilines is 1. The molecule has 7 nitrogen and oxygen atoms in total. The molecule has 1 amide bonds. The van der Waals surface area contributed by atoms with Crippen molar-refractivity contribution in [3.05, 3.63) is 53.1 Å². The fourth-order valence-corrected chi connectivity index (χ4v) is 2.24. The predicted molar refractivity (Wildman–Crippen MR) is 98.8 cm³/mol. The Balaban J connectivity index is 1.87. The number of carbonyl (C=O) groups excluding carboxylic acids is 2. The van der Waals surface area contributed by atoms with E-state index < -0.39 is 18.0 Å². The lowest BCUT2D eigenvalue weighted by Crippen LogP contribution is -2.31. The summed E-state index contributed by atoms with van der Waals surface area (Å²) in [6, 6.07) is 13.0. The van der Waals surface area contributed by atoms with Crippen LogP contribution in [0.4, 0.5) is 5.69 Å². The van der Waals surface area contributed by atoms with Gasteiger partial charge in [-0.2, -0.15) is 5.26 Å². The molecule has 0 unspecified atom stereocenters. The molecule has 0 bridgehead atoms. The Labute approximate surface area is 161 Å². The van der Waals surface area contributed by atoms with Crippen LogP contribution in [0.3, 0.4) is 0 Å². The molecule has 0 spiro atoms. The third-order valence-corrected chi connectivity index (χ3v) is 3.67. The van der Waals surface area contributed by atoms with Gasteiger partial charge in [0.25, 0.3) is 5.91 Å². The third kappa shape index (κ3) is 5.90. The lowest BCUT2D eigenvalue weighted by molar-refractivity contribution is -0.155. The van der Waals surface area contributed by atoms with E-state index in [1.807, 2.05) is 6.07 Å². The SMILES string of the molecule is COc1ccc(Cl)cc1NC(=O)[C@H](C)OC(=O)COc1ccc(C#N)cc1. The summed E-state index contributed by atoms with van der Waals surface area (Å²) in [6.07, 6.45) is -1.05. The molecular weight excluding hydrogens is 372 g/mol. The number of hydrogen-bond donors (Lipinski definition) is 1.